The first kappa shape index (κ1) is 20.9. The summed E-state index contributed by atoms with van der Waals surface area (Å²) in [6.07, 6.45) is 8.13. The molecule has 29 heavy (non-hydrogen) atoms. The second-order valence-corrected chi connectivity index (χ2v) is 10.1. The van der Waals surface area contributed by atoms with Gasteiger partial charge in [0.25, 0.3) is 0 Å². The summed E-state index contributed by atoms with van der Waals surface area (Å²) < 4.78 is 15.7. The molecule has 2 aromatic carbocycles. The molecular formula is C25H33FN2S. The quantitative estimate of drug-likeness (QED) is 0.563. The van der Waals surface area contributed by atoms with E-state index in [2.05, 4.69) is 29.6 Å². The number of hydrogen-bond acceptors (Lipinski definition) is 3. The van der Waals surface area contributed by atoms with Crippen molar-refractivity contribution >= 4 is 11.9 Å². The topological polar surface area (TPSA) is 29.3 Å². The van der Waals surface area contributed by atoms with Crippen LogP contribution in [-0.4, -0.2) is 29.7 Å². The van der Waals surface area contributed by atoms with Crippen molar-refractivity contribution in [2.45, 2.75) is 56.9 Å². The SMILES string of the molecule is CN(CCCc1ccc2c(c1)C(Cc1ccc(F)cc1)C(N)CC2)SCC1CC1. The van der Waals surface area contributed by atoms with E-state index < -0.39 is 0 Å². The van der Waals surface area contributed by atoms with Gasteiger partial charge in [-0.1, -0.05) is 42.3 Å². The van der Waals surface area contributed by atoms with E-state index in [4.69, 9.17) is 5.73 Å². The van der Waals surface area contributed by atoms with Gasteiger partial charge in [-0.25, -0.2) is 4.39 Å². The molecule has 2 nitrogen and oxygen atoms in total. The van der Waals surface area contributed by atoms with Crippen LogP contribution in [0.25, 0.3) is 0 Å². The molecule has 1 saturated carbocycles. The molecule has 0 saturated heterocycles. The molecular weight excluding hydrogens is 379 g/mol. The molecule has 2 atom stereocenters. The molecule has 2 aliphatic rings. The highest BCUT2D eigenvalue weighted by Gasteiger charge is 2.27. The van der Waals surface area contributed by atoms with E-state index in [1.807, 2.05) is 24.1 Å². The highest BCUT2D eigenvalue weighted by Crippen LogP contribution is 2.35. The van der Waals surface area contributed by atoms with Crippen LogP contribution in [0.1, 0.15) is 53.9 Å². The third-order valence-electron chi connectivity index (χ3n) is 6.41. The van der Waals surface area contributed by atoms with Gasteiger partial charge in [0.15, 0.2) is 0 Å². The van der Waals surface area contributed by atoms with Crippen LogP contribution >= 0.6 is 11.9 Å². The zero-order valence-corrected chi connectivity index (χ0v) is 18.3. The van der Waals surface area contributed by atoms with E-state index in [1.54, 1.807) is 12.1 Å². The minimum absolute atomic E-state index is 0.174. The molecule has 0 spiro atoms. The van der Waals surface area contributed by atoms with Crippen molar-refractivity contribution < 1.29 is 4.39 Å². The van der Waals surface area contributed by atoms with Crippen molar-refractivity contribution in [3.8, 4) is 0 Å². The van der Waals surface area contributed by atoms with Crippen molar-refractivity contribution in [2.75, 3.05) is 19.3 Å². The first-order valence-electron chi connectivity index (χ1n) is 11.0. The molecule has 156 valence electrons. The Morgan fingerprint density at radius 2 is 1.83 bits per heavy atom. The second kappa shape index (κ2) is 9.63. The normalized spacial score (nSPS) is 21.4. The van der Waals surface area contributed by atoms with Gasteiger partial charge >= 0.3 is 0 Å². The summed E-state index contributed by atoms with van der Waals surface area (Å²) in [6, 6.07) is 14.1. The first-order valence-corrected chi connectivity index (χ1v) is 12.0. The lowest BCUT2D eigenvalue weighted by Gasteiger charge is -2.32. The molecule has 2 aromatic rings. The van der Waals surface area contributed by atoms with Crippen LogP contribution < -0.4 is 5.73 Å². The lowest BCUT2D eigenvalue weighted by Crippen LogP contribution is -2.34. The lowest BCUT2D eigenvalue weighted by atomic mass is 9.76. The Morgan fingerprint density at radius 3 is 2.59 bits per heavy atom. The van der Waals surface area contributed by atoms with Gasteiger partial charge in [0.1, 0.15) is 5.82 Å². The number of halogens is 1. The maximum Gasteiger partial charge on any atom is 0.123 e. The summed E-state index contributed by atoms with van der Waals surface area (Å²) in [5.74, 6) is 2.41. The molecule has 2 aliphatic carbocycles. The zero-order chi connectivity index (χ0) is 20.2. The standard InChI is InChI=1S/C25H33FN2S/c1-28(29-17-20-4-5-20)14-2-3-18-6-9-21-10-13-25(27)24(23(21)15-18)16-19-7-11-22(26)12-8-19/h6-9,11-12,15,20,24-25H,2-5,10,13-14,16-17,27H2,1H3. The van der Waals surface area contributed by atoms with Crippen LogP contribution in [0, 0.1) is 11.7 Å². The molecule has 2 unspecified atom stereocenters. The van der Waals surface area contributed by atoms with E-state index in [1.165, 1.54) is 47.3 Å². The Morgan fingerprint density at radius 1 is 1.07 bits per heavy atom. The highest BCUT2D eigenvalue weighted by atomic mass is 32.2. The summed E-state index contributed by atoms with van der Waals surface area (Å²) in [5, 5.41) is 0. The zero-order valence-electron chi connectivity index (χ0n) is 17.4. The molecule has 0 aliphatic heterocycles. The third kappa shape index (κ3) is 5.84. The minimum atomic E-state index is -0.176. The maximum atomic E-state index is 13.3. The monoisotopic (exact) mass is 412 g/mol. The smallest absolute Gasteiger partial charge is 0.123 e. The van der Waals surface area contributed by atoms with Crippen molar-refractivity contribution in [3.05, 3.63) is 70.5 Å². The predicted octanol–water partition coefficient (Wildman–Crippen LogP) is 5.35. The van der Waals surface area contributed by atoms with Gasteiger partial charge in [0.05, 0.1) is 0 Å². The van der Waals surface area contributed by atoms with Crippen LogP contribution in [0.2, 0.25) is 0 Å². The van der Waals surface area contributed by atoms with Crippen molar-refractivity contribution in [3.63, 3.8) is 0 Å². The third-order valence-corrected chi connectivity index (χ3v) is 7.65. The number of aryl methyl sites for hydroxylation is 2. The van der Waals surface area contributed by atoms with Crippen LogP contribution in [0.5, 0.6) is 0 Å². The Balaban J connectivity index is 1.38. The fourth-order valence-corrected chi connectivity index (χ4v) is 5.41. The number of benzene rings is 2. The molecule has 0 radical (unpaired) electrons. The van der Waals surface area contributed by atoms with Crippen molar-refractivity contribution in [1.29, 1.82) is 0 Å². The van der Waals surface area contributed by atoms with E-state index in [-0.39, 0.29) is 11.9 Å². The molecule has 4 heteroatoms. The van der Waals surface area contributed by atoms with Crippen LogP contribution in [0.3, 0.4) is 0 Å². The molecule has 0 amide bonds. The average Bonchev–Trinajstić information content (AvgIpc) is 3.55. The Labute approximate surface area is 179 Å². The largest absolute Gasteiger partial charge is 0.327 e. The number of fused-ring (bicyclic) bond motifs is 1. The van der Waals surface area contributed by atoms with Gasteiger partial charge in [-0.05, 0) is 92.3 Å². The Bertz CT molecular complexity index is 803. The summed E-state index contributed by atoms with van der Waals surface area (Å²) >= 11 is 2.00. The van der Waals surface area contributed by atoms with Crippen LogP contribution in [-0.2, 0) is 19.3 Å². The molecule has 0 aromatic heterocycles. The fourth-order valence-electron chi connectivity index (χ4n) is 4.35. The number of hydrogen-bond donors (Lipinski definition) is 1. The van der Waals surface area contributed by atoms with Crippen LogP contribution in [0.15, 0.2) is 42.5 Å². The predicted molar refractivity (Wildman–Crippen MR) is 122 cm³/mol. The second-order valence-electron chi connectivity index (χ2n) is 8.87. The van der Waals surface area contributed by atoms with Gasteiger partial charge in [0, 0.05) is 24.3 Å². The minimum Gasteiger partial charge on any atom is -0.327 e. The highest BCUT2D eigenvalue weighted by molar-refractivity contribution is 7.97. The molecule has 2 N–H and O–H groups in total. The van der Waals surface area contributed by atoms with Crippen molar-refractivity contribution in [2.24, 2.45) is 11.7 Å². The van der Waals surface area contributed by atoms with Gasteiger partial charge in [0.2, 0.25) is 0 Å². The first-order chi connectivity index (χ1) is 14.1. The van der Waals surface area contributed by atoms with E-state index in [0.717, 1.165) is 38.1 Å². The lowest BCUT2D eigenvalue weighted by molar-refractivity contribution is 0.466. The Hall–Kier alpha value is -1.36. The van der Waals surface area contributed by atoms with Crippen LogP contribution in [0.4, 0.5) is 4.39 Å². The van der Waals surface area contributed by atoms with Gasteiger partial charge < -0.3 is 5.73 Å². The van der Waals surface area contributed by atoms with E-state index in [9.17, 15) is 4.39 Å². The fraction of sp³-hybridized carbons (Fsp3) is 0.520. The van der Waals surface area contributed by atoms with Gasteiger partial charge in [-0.2, -0.15) is 0 Å². The average molecular weight is 413 g/mol. The number of nitrogens with two attached hydrogens (primary N) is 1. The van der Waals surface area contributed by atoms with E-state index >= 15 is 0 Å². The maximum absolute atomic E-state index is 13.3. The molecule has 0 bridgehead atoms. The Kier molecular flexibility index (Phi) is 6.94. The summed E-state index contributed by atoms with van der Waals surface area (Å²) in [6.45, 7) is 1.13. The van der Waals surface area contributed by atoms with Crippen molar-refractivity contribution in [1.82, 2.24) is 4.31 Å². The molecule has 0 heterocycles. The number of rotatable bonds is 9. The molecule has 1 fully saturated rings. The molecule has 4 rings (SSSR count). The van der Waals surface area contributed by atoms with E-state index in [0.29, 0.717) is 5.92 Å². The summed E-state index contributed by atoms with van der Waals surface area (Å²) in [5.41, 5.74) is 12.0. The van der Waals surface area contributed by atoms with Gasteiger partial charge in [-0.3, -0.25) is 4.31 Å². The number of nitrogens with zero attached hydrogens (tertiary/aromatic N) is 1. The van der Waals surface area contributed by atoms with Gasteiger partial charge in [-0.15, -0.1) is 0 Å². The summed E-state index contributed by atoms with van der Waals surface area (Å²) in [4.78, 5) is 0. The summed E-state index contributed by atoms with van der Waals surface area (Å²) in [7, 11) is 2.22.